The second kappa shape index (κ2) is 8.43. The van der Waals surface area contributed by atoms with Gasteiger partial charge in [0.15, 0.2) is 5.89 Å². The first kappa shape index (κ1) is 18.7. The van der Waals surface area contributed by atoms with Gasteiger partial charge < -0.3 is 14.6 Å². The number of rotatable bonds is 9. The Morgan fingerprint density at radius 1 is 1.12 bits per heavy atom. The van der Waals surface area contributed by atoms with Crippen LogP contribution in [0.5, 0.6) is 0 Å². The quantitative estimate of drug-likeness (QED) is 0.639. The van der Waals surface area contributed by atoms with Crippen molar-refractivity contribution in [2.75, 3.05) is 0 Å². The molecule has 0 spiro atoms. The van der Waals surface area contributed by atoms with Crippen molar-refractivity contribution < 1.29 is 24.2 Å². The van der Waals surface area contributed by atoms with Gasteiger partial charge in [0.1, 0.15) is 24.0 Å². The van der Waals surface area contributed by atoms with Crippen LogP contribution >= 0.6 is 0 Å². The van der Waals surface area contributed by atoms with Gasteiger partial charge in [-0.2, -0.15) is 0 Å². The molecule has 1 aromatic carbocycles. The highest BCUT2D eigenvalue weighted by Crippen LogP contribution is 2.19. The van der Waals surface area contributed by atoms with E-state index in [4.69, 9.17) is 4.42 Å². The maximum atomic E-state index is 11.5. The van der Waals surface area contributed by atoms with E-state index < -0.39 is 24.0 Å². The zero-order valence-corrected chi connectivity index (χ0v) is 14.2. The monoisotopic (exact) mass is 346 g/mol. The fourth-order valence-electron chi connectivity index (χ4n) is 2.49. The van der Waals surface area contributed by atoms with E-state index in [1.807, 2.05) is 44.2 Å². The van der Waals surface area contributed by atoms with E-state index in [0.29, 0.717) is 12.1 Å². The third-order valence-electron chi connectivity index (χ3n) is 3.71. The molecule has 0 amide bonds. The fourth-order valence-corrected chi connectivity index (χ4v) is 2.49. The van der Waals surface area contributed by atoms with Gasteiger partial charge in [-0.05, 0) is 12.3 Å². The molecule has 2 rings (SSSR count). The summed E-state index contributed by atoms with van der Waals surface area (Å²) in [6.45, 7) is 3.77. The molecule has 1 aromatic heterocycles. The summed E-state index contributed by atoms with van der Waals surface area (Å²) in [5.41, 5.74) is 1.47. The van der Waals surface area contributed by atoms with Crippen molar-refractivity contribution in [1.29, 1.82) is 0 Å². The molecule has 0 bridgehead atoms. The van der Waals surface area contributed by atoms with Gasteiger partial charge in [-0.3, -0.25) is 14.9 Å². The van der Waals surface area contributed by atoms with E-state index in [-0.39, 0.29) is 18.2 Å². The number of benzene rings is 1. The van der Waals surface area contributed by atoms with Crippen LogP contribution in [0.2, 0.25) is 0 Å². The normalized spacial score (nSPS) is 13.6. The SMILES string of the molecule is CC(C)C[C@H](N[C@@H](Cc1nc(-c2ccccc2)co1)C(=O)O)C(=O)O. The van der Waals surface area contributed by atoms with Gasteiger partial charge in [-0.15, -0.1) is 0 Å². The zero-order chi connectivity index (χ0) is 18.4. The highest BCUT2D eigenvalue weighted by Gasteiger charge is 2.28. The summed E-state index contributed by atoms with van der Waals surface area (Å²) in [5.74, 6) is -1.85. The predicted octanol–water partition coefficient (Wildman–Crippen LogP) is 2.43. The van der Waals surface area contributed by atoms with E-state index in [0.717, 1.165) is 5.56 Å². The first-order chi connectivity index (χ1) is 11.9. The second-order valence-electron chi connectivity index (χ2n) is 6.27. The molecule has 0 fully saturated rings. The number of oxazole rings is 1. The number of nitrogens with zero attached hydrogens (tertiary/aromatic N) is 1. The molecule has 25 heavy (non-hydrogen) atoms. The molecule has 0 aliphatic rings. The number of carbonyl (C=O) groups is 2. The van der Waals surface area contributed by atoms with Crippen LogP contribution in [0, 0.1) is 5.92 Å². The van der Waals surface area contributed by atoms with E-state index in [2.05, 4.69) is 10.3 Å². The van der Waals surface area contributed by atoms with Crippen LogP contribution in [0.3, 0.4) is 0 Å². The Labute approximate surface area is 145 Å². The van der Waals surface area contributed by atoms with Gasteiger partial charge >= 0.3 is 11.9 Å². The first-order valence-electron chi connectivity index (χ1n) is 8.08. The summed E-state index contributed by atoms with van der Waals surface area (Å²) >= 11 is 0. The fraction of sp³-hybridized carbons (Fsp3) is 0.389. The van der Waals surface area contributed by atoms with Crippen molar-refractivity contribution in [1.82, 2.24) is 10.3 Å². The third kappa shape index (κ3) is 5.42. The van der Waals surface area contributed by atoms with Crippen molar-refractivity contribution >= 4 is 11.9 Å². The second-order valence-corrected chi connectivity index (χ2v) is 6.27. The lowest BCUT2D eigenvalue weighted by molar-refractivity contribution is -0.143. The summed E-state index contributed by atoms with van der Waals surface area (Å²) in [7, 11) is 0. The van der Waals surface area contributed by atoms with E-state index >= 15 is 0 Å². The Morgan fingerprint density at radius 2 is 1.76 bits per heavy atom. The molecule has 2 aromatic rings. The standard InChI is InChI=1S/C18H22N2O5/c1-11(2)8-13(17(21)22)19-14(18(23)24)9-16-20-15(10-25-16)12-6-4-3-5-7-12/h3-7,10-11,13-14,19H,8-9H2,1-2H3,(H,21,22)(H,23,24)/t13-,14-/m0/s1. The molecular formula is C18H22N2O5. The van der Waals surface area contributed by atoms with Gasteiger partial charge in [0.2, 0.25) is 0 Å². The minimum Gasteiger partial charge on any atom is -0.480 e. The summed E-state index contributed by atoms with van der Waals surface area (Å²) in [4.78, 5) is 27.1. The van der Waals surface area contributed by atoms with Crippen LogP contribution in [0.25, 0.3) is 11.3 Å². The molecule has 0 aliphatic carbocycles. The van der Waals surface area contributed by atoms with E-state index in [1.165, 1.54) is 6.26 Å². The summed E-state index contributed by atoms with van der Waals surface area (Å²) in [6, 6.07) is 7.33. The average Bonchev–Trinajstić information content (AvgIpc) is 3.02. The molecule has 7 heteroatoms. The van der Waals surface area contributed by atoms with Crippen LogP contribution in [0.15, 0.2) is 41.0 Å². The Kier molecular flexibility index (Phi) is 6.30. The summed E-state index contributed by atoms with van der Waals surface area (Å²) in [6.07, 6.45) is 1.76. The number of carboxylic acids is 2. The van der Waals surface area contributed by atoms with Crippen LogP contribution in [0.1, 0.15) is 26.2 Å². The Morgan fingerprint density at radius 3 is 2.32 bits per heavy atom. The molecule has 7 nitrogen and oxygen atoms in total. The lowest BCUT2D eigenvalue weighted by atomic mass is 10.0. The zero-order valence-electron chi connectivity index (χ0n) is 14.2. The molecule has 3 N–H and O–H groups in total. The van der Waals surface area contributed by atoms with Crippen LogP contribution in [-0.4, -0.2) is 39.2 Å². The highest BCUT2D eigenvalue weighted by atomic mass is 16.4. The molecule has 0 unspecified atom stereocenters. The molecule has 0 saturated heterocycles. The van der Waals surface area contributed by atoms with E-state index in [1.54, 1.807) is 0 Å². The van der Waals surface area contributed by atoms with Gasteiger partial charge in [0.05, 0.1) is 6.42 Å². The summed E-state index contributed by atoms with van der Waals surface area (Å²) < 4.78 is 5.36. The van der Waals surface area contributed by atoms with E-state index in [9.17, 15) is 19.8 Å². The third-order valence-corrected chi connectivity index (χ3v) is 3.71. The van der Waals surface area contributed by atoms with Gasteiger partial charge in [0, 0.05) is 5.56 Å². The first-order valence-corrected chi connectivity index (χ1v) is 8.08. The number of hydrogen-bond donors (Lipinski definition) is 3. The Balaban J connectivity index is 2.10. The van der Waals surface area contributed by atoms with Crippen molar-refractivity contribution in [2.45, 2.75) is 38.8 Å². The predicted molar refractivity (Wildman–Crippen MR) is 91.1 cm³/mol. The molecule has 1 heterocycles. The number of aliphatic carboxylic acids is 2. The smallest absolute Gasteiger partial charge is 0.321 e. The Hall–Kier alpha value is -2.67. The molecular weight excluding hydrogens is 324 g/mol. The topological polar surface area (TPSA) is 113 Å². The largest absolute Gasteiger partial charge is 0.480 e. The van der Waals surface area contributed by atoms with Crippen molar-refractivity contribution in [2.24, 2.45) is 5.92 Å². The molecule has 0 saturated carbocycles. The maximum Gasteiger partial charge on any atom is 0.321 e. The van der Waals surface area contributed by atoms with Crippen molar-refractivity contribution in [3.63, 3.8) is 0 Å². The number of hydrogen-bond acceptors (Lipinski definition) is 5. The average molecular weight is 346 g/mol. The van der Waals surface area contributed by atoms with Crippen molar-refractivity contribution in [3.8, 4) is 11.3 Å². The van der Waals surface area contributed by atoms with Gasteiger partial charge in [-0.25, -0.2) is 4.98 Å². The lowest BCUT2D eigenvalue weighted by Crippen LogP contribution is -2.48. The van der Waals surface area contributed by atoms with Gasteiger partial charge in [0.25, 0.3) is 0 Å². The maximum absolute atomic E-state index is 11.5. The minimum absolute atomic E-state index is 0.0377. The summed E-state index contributed by atoms with van der Waals surface area (Å²) in [5, 5.41) is 21.4. The molecule has 134 valence electrons. The van der Waals surface area contributed by atoms with Crippen LogP contribution < -0.4 is 5.32 Å². The Bertz CT molecular complexity index is 711. The lowest BCUT2D eigenvalue weighted by Gasteiger charge is -2.20. The van der Waals surface area contributed by atoms with Crippen molar-refractivity contribution in [3.05, 3.63) is 42.5 Å². The number of carboxylic acid groups (broad SMARTS) is 2. The number of nitrogens with one attached hydrogen (secondary N) is 1. The van der Waals surface area contributed by atoms with Crippen LogP contribution in [0.4, 0.5) is 0 Å². The minimum atomic E-state index is -1.14. The van der Waals surface area contributed by atoms with Crippen LogP contribution in [-0.2, 0) is 16.0 Å². The molecule has 0 aliphatic heterocycles. The molecule has 0 radical (unpaired) electrons. The van der Waals surface area contributed by atoms with Gasteiger partial charge in [-0.1, -0.05) is 44.2 Å². The molecule has 2 atom stereocenters. The number of aromatic nitrogens is 1. The highest BCUT2D eigenvalue weighted by molar-refractivity contribution is 5.77.